The van der Waals surface area contributed by atoms with E-state index in [1.807, 2.05) is 19.9 Å². The van der Waals surface area contributed by atoms with Crippen molar-refractivity contribution >= 4 is 11.9 Å². The number of phenolic OH excluding ortho intramolecular Hbond substituents is 1. The smallest absolute Gasteiger partial charge is 0.328 e. The highest BCUT2D eigenvalue weighted by atomic mass is 16.5. The molecule has 0 saturated carbocycles. The molecule has 0 heterocycles. The molecule has 5 heteroatoms. The van der Waals surface area contributed by atoms with E-state index in [1.165, 1.54) is 12.0 Å². The van der Waals surface area contributed by atoms with Gasteiger partial charge in [-0.25, -0.2) is 4.79 Å². The number of likely N-dealkylation sites (N-methyl/N-ethyl adjacent to an activating group) is 1. The Hall–Kier alpha value is -2.82. The quantitative estimate of drug-likeness (QED) is 0.849. The van der Waals surface area contributed by atoms with Crippen molar-refractivity contribution in [1.82, 2.24) is 4.90 Å². The minimum Gasteiger partial charge on any atom is -0.508 e. The number of benzene rings is 2. The molecule has 0 radical (unpaired) electrons. The summed E-state index contributed by atoms with van der Waals surface area (Å²) in [6.07, 6.45) is 0.306. The first-order valence-electron chi connectivity index (χ1n) is 8.03. The lowest BCUT2D eigenvalue weighted by Crippen LogP contribution is -2.44. The van der Waals surface area contributed by atoms with Gasteiger partial charge in [0.2, 0.25) is 0 Å². The molecule has 0 aromatic heterocycles. The number of methoxy groups -OCH3 is 1. The van der Waals surface area contributed by atoms with E-state index in [0.717, 1.165) is 16.7 Å². The molecule has 1 amide bonds. The number of carbonyl (C=O) groups excluding carboxylic acids is 2. The molecule has 0 unspecified atom stereocenters. The summed E-state index contributed by atoms with van der Waals surface area (Å²) >= 11 is 0. The van der Waals surface area contributed by atoms with Crippen LogP contribution in [0.5, 0.6) is 5.75 Å². The van der Waals surface area contributed by atoms with Crippen LogP contribution >= 0.6 is 0 Å². The summed E-state index contributed by atoms with van der Waals surface area (Å²) in [5, 5.41) is 9.39. The average molecular weight is 341 g/mol. The van der Waals surface area contributed by atoms with Crippen molar-refractivity contribution in [3.05, 3.63) is 64.7 Å². The van der Waals surface area contributed by atoms with E-state index in [1.54, 1.807) is 43.4 Å². The van der Waals surface area contributed by atoms with E-state index in [0.29, 0.717) is 12.0 Å². The Bertz CT molecular complexity index is 748. The number of carbonyl (C=O) groups is 2. The molecule has 132 valence electrons. The fraction of sp³-hybridized carbons (Fsp3) is 0.300. The molecule has 2 rings (SSSR count). The van der Waals surface area contributed by atoms with Gasteiger partial charge in [0, 0.05) is 19.0 Å². The Balaban J connectivity index is 2.28. The highest BCUT2D eigenvalue weighted by Crippen LogP contribution is 2.17. The lowest BCUT2D eigenvalue weighted by atomic mass is 10.0. The number of rotatable bonds is 5. The van der Waals surface area contributed by atoms with Gasteiger partial charge in [0.15, 0.2) is 0 Å². The number of esters is 1. The second kappa shape index (κ2) is 7.83. The maximum Gasteiger partial charge on any atom is 0.328 e. The van der Waals surface area contributed by atoms with Crippen LogP contribution in [0.15, 0.2) is 42.5 Å². The van der Waals surface area contributed by atoms with Gasteiger partial charge in [0.05, 0.1) is 7.11 Å². The Morgan fingerprint density at radius 2 is 1.64 bits per heavy atom. The van der Waals surface area contributed by atoms with Crippen LogP contribution in [0.1, 0.15) is 27.0 Å². The number of hydrogen-bond acceptors (Lipinski definition) is 4. The Labute approximate surface area is 147 Å². The fourth-order valence-corrected chi connectivity index (χ4v) is 2.81. The lowest BCUT2D eigenvalue weighted by molar-refractivity contribution is -0.145. The molecule has 0 bridgehead atoms. The largest absolute Gasteiger partial charge is 0.508 e. The third kappa shape index (κ3) is 4.59. The van der Waals surface area contributed by atoms with Gasteiger partial charge in [-0.1, -0.05) is 29.3 Å². The molecule has 0 spiro atoms. The standard InChI is InChI=1S/C20H23NO4/c1-13-9-14(2)11-16(10-13)19(23)21(3)18(20(24)25-4)12-15-5-7-17(22)8-6-15/h5-11,18,22H,12H2,1-4H3/t18-/m1/s1. The monoisotopic (exact) mass is 341 g/mol. The molecular weight excluding hydrogens is 318 g/mol. The van der Waals surface area contributed by atoms with Gasteiger partial charge >= 0.3 is 5.97 Å². The van der Waals surface area contributed by atoms with E-state index >= 15 is 0 Å². The topological polar surface area (TPSA) is 66.8 Å². The van der Waals surface area contributed by atoms with E-state index in [4.69, 9.17) is 4.74 Å². The van der Waals surface area contributed by atoms with Crippen LogP contribution in [0, 0.1) is 13.8 Å². The summed E-state index contributed by atoms with van der Waals surface area (Å²) < 4.78 is 4.88. The molecule has 25 heavy (non-hydrogen) atoms. The summed E-state index contributed by atoms with van der Waals surface area (Å²) in [6.45, 7) is 3.86. The minimum atomic E-state index is -0.747. The molecule has 1 N–H and O–H groups in total. The van der Waals surface area contributed by atoms with Crippen molar-refractivity contribution < 1.29 is 19.4 Å². The van der Waals surface area contributed by atoms with Crippen molar-refractivity contribution in [2.24, 2.45) is 0 Å². The van der Waals surface area contributed by atoms with Gasteiger partial charge < -0.3 is 14.7 Å². The van der Waals surface area contributed by atoms with E-state index in [2.05, 4.69) is 0 Å². The predicted octanol–water partition coefficient (Wildman–Crippen LogP) is 2.87. The highest BCUT2D eigenvalue weighted by Gasteiger charge is 2.28. The minimum absolute atomic E-state index is 0.151. The first-order valence-corrected chi connectivity index (χ1v) is 8.03. The zero-order valence-corrected chi connectivity index (χ0v) is 14.9. The molecule has 0 fully saturated rings. The summed E-state index contributed by atoms with van der Waals surface area (Å²) in [7, 11) is 2.91. The maximum atomic E-state index is 12.8. The normalized spacial score (nSPS) is 11.7. The van der Waals surface area contributed by atoms with Gasteiger partial charge in [-0.15, -0.1) is 0 Å². The summed E-state index contributed by atoms with van der Waals surface area (Å²) in [5.41, 5.74) is 3.35. The van der Waals surface area contributed by atoms with Crippen LogP contribution in [0.2, 0.25) is 0 Å². The number of phenols is 1. The van der Waals surface area contributed by atoms with Crippen molar-refractivity contribution in [2.45, 2.75) is 26.3 Å². The number of nitrogens with zero attached hydrogens (tertiary/aromatic N) is 1. The number of ether oxygens (including phenoxy) is 1. The second-order valence-corrected chi connectivity index (χ2v) is 6.20. The first-order chi connectivity index (χ1) is 11.8. The van der Waals surface area contributed by atoms with Gasteiger partial charge in [-0.05, 0) is 43.7 Å². The third-order valence-electron chi connectivity index (χ3n) is 4.10. The predicted molar refractivity (Wildman–Crippen MR) is 95.6 cm³/mol. The van der Waals surface area contributed by atoms with Crippen LogP contribution in [0.25, 0.3) is 0 Å². The summed E-state index contributed by atoms with van der Waals surface area (Å²) in [4.78, 5) is 26.5. The zero-order chi connectivity index (χ0) is 18.6. The molecule has 0 aliphatic carbocycles. The van der Waals surface area contributed by atoms with Crippen molar-refractivity contribution in [3.63, 3.8) is 0 Å². The van der Waals surface area contributed by atoms with E-state index in [-0.39, 0.29) is 11.7 Å². The lowest BCUT2D eigenvalue weighted by Gasteiger charge is -2.26. The Kier molecular flexibility index (Phi) is 5.80. The number of aryl methyl sites for hydroxylation is 2. The number of aromatic hydroxyl groups is 1. The molecule has 0 saturated heterocycles. The van der Waals surface area contributed by atoms with Crippen LogP contribution in [-0.4, -0.2) is 42.1 Å². The zero-order valence-electron chi connectivity index (χ0n) is 14.9. The van der Waals surface area contributed by atoms with Gasteiger partial charge in [-0.3, -0.25) is 4.79 Å². The van der Waals surface area contributed by atoms with Gasteiger partial charge in [0.25, 0.3) is 5.91 Å². The van der Waals surface area contributed by atoms with Crippen LogP contribution < -0.4 is 0 Å². The molecule has 0 aliphatic rings. The highest BCUT2D eigenvalue weighted by molar-refractivity contribution is 5.97. The maximum absolute atomic E-state index is 12.8. The van der Waals surface area contributed by atoms with Gasteiger partial charge in [-0.2, -0.15) is 0 Å². The summed E-state index contributed by atoms with van der Waals surface area (Å²) in [5.74, 6) is -0.563. The molecule has 2 aromatic rings. The second-order valence-electron chi connectivity index (χ2n) is 6.20. The van der Waals surface area contributed by atoms with Crippen LogP contribution in [0.4, 0.5) is 0 Å². The van der Waals surface area contributed by atoms with Crippen molar-refractivity contribution in [1.29, 1.82) is 0 Å². The van der Waals surface area contributed by atoms with Crippen molar-refractivity contribution in [3.8, 4) is 5.75 Å². The number of hydrogen-bond donors (Lipinski definition) is 1. The van der Waals surface area contributed by atoms with Crippen molar-refractivity contribution in [2.75, 3.05) is 14.2 Å². The Morgan fingerprint density at radius 3 is 2.16 bits per heavy atom. The molecular formula is C20H23NO4. The van der Waals surface area contributed by atoms with Crippen LogP contribution in [0.3, 0.4) is 0 Å². The van der Waals surface area contributed by atoms with Crippen LogP contribution in [-0.2, 0) is 16.0 Å². The SMILES string of the molecule is COC(=O)[C@@H](Cc1ccc(O)cc1)N(C)C(=O)c1cc(C)cc(C)c1. The molecule has 2 aromatic carbocycles. The van der Waals surface area contributed by atoms with Gasteiger partial charge in [0.1, 0.15) is 11.8 Å². The molecule has 0 aliphatic heterocycles. The average Bonchev–Trinajstić information content (AvgIpc) is 2.58. The summed E-state index contributed by atoms with van der Waals surface area (Å²) in [6, 6.07) is 11.4. The molecule has 1 atom stereocenters. The fourth-order valence-electron chi connectivity index (χ4n) is 2.81. The molecule has 5 nitrogen and oxygen atoms in total. The first kappa shape index (κ1) is 18.5. The third-order valence-corrected chi connectivity index (χ3v) is 4.10. The van der Waals surface area contributed by atoms with E-state index < -0.39 is 12.0 Å². The number of amides is 1. The Morgan fingerprint density at radius 1 is 1.08 bits per heavy atom. The van der Waals surface area contributed by atoms with E-state index in [9.17, 15) is 14.7 Å².